The molecule has 1 N–H and O–H groups in total. The maximum absolute atomic E-state index is 12.4. The molecule has 1 aromatic heterocycles. The Bertz CT molecular complexity index is 882. The summed E-state index contributed by atoms with van der Waals surface area (Å²) in [4.78, 5) is 26.2. The van der Waals surface area contributed by atoms with Gasteiger partial charge in [0.15, 0.2) is 5.78 Å². The fraction of sp³-hybridized carbons (Fsp3) is 0. The summed E-state index contributed by atoms with van der Waals surface area (Å²) in [5.74, 6) is -0.161. The van der Waals surface area contributed by atoms with Gasteiger partial charge >= 0.3 is 4.87 Å². The Kier molecular flexibility index (Phi) is 3.38. The molecule has 0 unspecified atom stereocenters. The Morgan fingerprint density at radius 3 is 2.45 bits per heavy atom. The van der Waals surface area contributed by atoms with Crippen molar-refractivity contribution in [2.45, 2.75) is 0 Å². The maximum Gasteiger partial charge on any atom is 0.305 e. The molecule has 0 aliphatic carbocycles. The summed E-state index contributed by atoms with van der Waals surface area (Å²) in [6.07, 6.45) is 0. The van der Waals surface area contributed by atoms with Crippen molar-refractivity contribution in [3.05, 3.63) is 67.2 Å². The Labute approximate surface area is 127 Å². The molecular formula is C14H7Cl2NO2S. The van der Waals surface area contributed by atoms with Gasteiger partial charge in [-0.15, -0.1) is 0 Å². The van der Waals surface area contributed by atoms with E-state index in [1.165, 1.54) is 6.07 Å². The number of aromatic amines is 1. The van der Waals surface area contributed by atoms with Crippen LogP contribution < -0.4 is 4.87 Å². The Hall–Kier alpha value is -1.62. The van der Waals surface area contributed by atoms with Crippen LogP contribution in [0.5, 0.6) is 0 Å². The van der Waals surface area contributed by atoms with E-state index in [1.807, 2.05) is 0 Å². The van der Waals surface area contributed by atoms with E-state index in [0.717, 1.165) is 21.6 Å². The van der Waals surface area contributed by atoms with Crippen LogP contribution in [0.25, 0.3) is 10.2 Å². The summed E-state index contributed by atoms with van der Waals surface area (Å²) in [6, 6.07) is 9.84. The van der Waals surface area contributed by atoms with E-state index < -0.39 is 0 Å². The number of aromatic nitrogens is 1. The molecule has 100 valence electrons. The van der Waals surface area contributed by atoms with Gasteiger partial charge in [-0.2, -0.15) is 0 Å². The van der Waals surface area contributed by atoms with Crippen LogP contribution in [0.15, 0.2) is 41.2 Å². The van der Waals surface area contributed by atoms with Crippen LogP contribution in [-0.2, 0) is 0 Å². The summed E-state index contributed by atoms with van der Waals surface area (Å²) in [5, 5.41) is 0.743. The second-order valence-corrected chi connectivity index (χ2v) is 6.01. The first kappa shape index (κ1) is 13.4. The van der Waals surface area contributed by atoms with E-state index in [4.69, 9.17) is 23.2 Å². The minimum absolute atomic E-state index is 0.140. The molecule has 0 spiro atoms. The van der Waals surface area contributed by atoms with Crippen molar-refractivity contribution < 1.29 is 4.79 Å². The van der Waals surface area contributed by atoms with Crippen molar-refractivity contribution in [1.82, 2.24) is 4.98 Å². The number of carbonyl (C=O) groups excluding carboxylic acids is 1. The summed E-state index contributed by atoms with van der Waals surface area (Å²) in [5.41, 5.74) is 1.69. The van der Waals surface area contributed by atoms with Crippen molar-refractivity contribution >= 4 is 50.5 Å². The monoisotopic (exact) mass is 323 g/mol. The molecule has 3 rings (SSSR count). The van der Waals surface area contributed by atoms with Crippen LogP contribution in [-0.4, -0.2) is 10.8 Å². The third-order valence-corrected chi connectivity index (χ3v) is 4.45. The number of thiazole rings is 1. The Morgan fingerprint density at radius 2 is 1.70 bits per heavy atom. The number of fused-ring (bicyclic) bond motifs is 1. The van der Waals surface area contributed by atoms with Crippen molar-refractivity contribution in [2.24, 2.45) is 0 Å². The molecule has 0 saturated carbocycles. The predicted molar refractivity (Wildman–Crippen MR) is 82.3 cm³/mol. The SMILES string of the molecule is O=C(c1ccc(Cl)c(Cl)c1)c1ccc2[nH]c(=O)sc2c1. The fourth-order valence-corrected chi connectivity index (χ4v) is 2.96. The van der Waals surface area contributed by atoms with E-state index >= 15 is 0 Å². The zero-order chi connectivity index (χ0) is 14.3. The van der Waals surface area contributed by atoms with Gasteiger partial charge in [-0.3, -0.25) is 9.59 Å². The molecule has 0 aliphatic rings. The highest BCUT2D eigenvalue weighted by Gasteiger charge is 2.12. The van der Waals surface area contributed by atoms with E-state index in [9.17, 15) is 9.59 Å². The lowest BCUT2D eigenvalue weighted by Crippen LogP contribution is -2.00. The predicted octanol–water partition coefficient (Wildman–Crippen LogP) is 4.13. The van der Waals surface area contributed by atoms with Crippen molar-refractivity contribution in [1.29, 1.82) is 0 Å². The molecule has 0 radical (unpaired) electrons. The van der Waals surface area contributed by atoms with Crippen LogP contribution in [0, 0.1) is 0 Å². The molecule has 0 saturated heterocycles. The van der Waals surface area contributed by atoms with E-state index in [-0.39, 0.29) is 10.7 Å². The highest BCUT2D eigenvalue weighted by Crippen LogP contribution is 2.25. The number of benzene rings is 2. The first-order valence-corrected chi connectivity index (χ1v) is 7.24. The third-order valence-electron chi connectivity index (χ3n) is 2.86. The number of carbonyl (C=O) groups is 1. The van der Waals surface area contributed by atoms with E-state index in [0.29, 0.717) is 21.2 Å². The second kappa shape index (κ2) is 5.05. The van der Waals surface area contributed by atoms with Crippen LogP contribution in [0.1, 0.15) is 15.9 Å². The van der Waals surface area contributed by atoms with Gasteiger partial charge in [-0.25, -0.2) is 0 Å². The smallest absolute Gasteiger partial charge is 0.305 e. The van der Waals surface area contributed by atoms with Crippen LogP contribution in [0.2, 0.25) is 10.0 Å². The summed E-state index contributed by atoms with van der Waals surface area (Å²) < 4.78 is 0.751. The number of H-pyrrole nitrogens is 1. The van der Waals surface area contributed by atoms with Gasteiger partial charge in [0.1, 0.15) is 0 Å². The second-order valence-electron chi connectivity index (χ2n) is 4.18. The quantitative estimate of drug-likeness (QED) is 0.721. The number of hydrogen-bond donors (Lipinski definition) is 1. The molecule has 0 fully saturated rings. The van der Waals surface area contributed by atoms with Crippen molar-refractivity contribution in [3.63, 3.8) is 0 Å². The van der Waals surface area contributed by atoms with Gasteiger partial charge in [-0.1, -0.05) is 34.5 Å². The number of nitrogens with one attached hydrogen (secondary N) is 1. The molecule has 0 aliphatic heterocycles. The van der Waals surface area contributed by atoms with Crippen LogP contribution in [0.4, 0.5) is 0 Å². The van der Waals surface area contributed by atoms with Crippen LogP contribution in [0.3, 0.4) is 0 Å². The number of hydrogen-bond acceptors (Lipinski definition) is 3. The molecule has 6 heteroatoms. The molecule has 0 bridgehead atoms. The fourth-order valence-electron chi connectivity index (χ4n) is 1.89. The van der Waals surface area contributed by atoms with Gasteiger partial charge < -0.3 is 4.98 Å². The number of halogens is 2. The van der Waals surface area contributed by atoms with Gasteiger partial charge in [0.25, 0.3) is 0 Å². The normalized spacial score (nSPS) is 10.9. The van der Waals surface area contributed by atoms with Crippen molar-refractivity contribution in [3.8, 4) is 0 Å². The summed E-state index contributed by atoms with van der Waals surface area (Å²) in [6.45, 7) is 0. The summed E-state index contributed by atoms with van der Waals surface area (Å²) in [7, 11) is 0. The summed E-state index contributed by atoms with van der Waals surface area (Å²) >= 11 is 12.8. The molecule has 0 atom stereocenters. The molecule has 0 amide bonds. The molecule has 1 heterocycles. The lowest BCUT2D eigenvalue weighted by molar-refractivity contribution is 0.103. The third kappa shape index (κ3) is 2.38. The van der Waals surface area contributed by atoms with E-state index in [2.05, 4.69) is 4.98 Å². The Morgan fingerprint density at radius 1 is 1.00 bits per heavy atom. The van der Waals surface area contributed by atoms with Crippen LogP contribution >= 0.6 is 34.5 Å². The molecule has 20 heavy (non-hydrogen) atoms. The largest absolute Gasteiger partial charge is 0.312 e. The molecule has 3 aromatic rings. The first-order valence-electron chi connectivity index (χ1n) is 5.67. The van der Waals surface area contributed by atoms with Gasteiger partial charge in [0.2, 0.25) is 0 Å². The maximum atomic E-state index is 12.4. The van der Waals surface area contributed by atoms with Gasteiger partial charge in [-0.05, 0) is 36.4 Å². The lowest BCUT2D eigenvalue weighted by Gasteiger charge is -2.03. The lowest BCUT2D eigenvalue weighted by atomic mass is 10.0. The zero-order valence-corrected chi connectivity index (χ0v) is 12.3. The number of ketones is 1. The first-order chi connectivity index (χ1) is 9.54. The topological polar surface area (TPSA) is 49.9 Å². The minimum Gasteiger partial charge on any atom is -0.312 e. The van der Waals surface area contributed by atoms with Crippen molar-refractivity contribution in [2.75, 3.05) is 0 Å². The van der Waals surface area contributed by atoms with Gasteiger partial charge in [0.05, 0.1) is 20.3 Å². The number of rotatable bonds is 2. The highest BCUT2D eigenvalue weighted by molar-refractivity contribution is 7.16. The average Bonchev–Trinajstić information content (AvgIpc) is 2.80. The zero-order valence-electron chi connectivity index (χ0n) is 9.94. The standard InChI is InChI=1S/C14H7Cl2NO2S/c15-9-3-1-7(5-10(9)16)13(18)8-2-4-11-12(6-8)20-14(19)17-11/h1-6H,(H,17,19). The van der Waals surface area contributed by atoms with Gasteiger partial charge in [0, 0.05) is 11.1 Å². The average molecular weight is 324 g/mol. The molecule has 3 nitrogen and oxygen atoms in total. The molecular weight excluding hydrogens is 317 g/mol. The Balaban J connectivity index is 2.07. The minimum atomic E-state index is -0.161. The highest BCUT2D eigenvalue weighted by atomic mass is 35.5. The molecule has 2 aromatic carbocycles. The van der Waals surface area contributed by atoms with E-state index in [1.54, 1.807) is 30.3 Å².